The Morgan fingerprint density at radius 2 is 2.20 bits per heavy atom. The van der Waals surface area contributed by atoms with Crippen molar-refractivity contribution < 1.29 is 14.3 Å². The molecule has 2 fully saturated rings. The third-order valence-electron chi connectivity index (χ3n) is 5.27. The molecule has 2 aliphatic heterocycles. The van der Waals surface area contributed by atoms with Gasteiger partial charge in [0.1, 0.15) is 5.75 Å². The fourth-order valence-corrected chi connectivity index (χ4v) is 3.95. The summed E-state index contributed by atoms with van der Waals surface area (Å²) in [6.07, 6.45) is 3.98. The minimum Gasteiger partial charge on any atom is -0.497 e. The second-order valence-corrected chi connectivity index (χ2v) is 6.71. The Hall–Kier alpha value is -2.12. The van der Waals surface area contributed by atoms with Gasteiger partial charge < -0.3 is 14.8 Å². The number of hydrogen-bond donors (Lipinski definition) is 2. The normalized spacial score (nSPS) is 22.4. The first-order valence-corrected chi connectivity index (χ1v) is 8.93. The van der Waals surface area contributed by atoms with Crippen molar-refractivity contribution in [2.75, 3.05) is 32.2 Å². The van der Waals surface area contributed by atoms with E-state index in [1.165, 1.54) is 0 Å². The lowest BCUT2D eigenvalue weighted by Gasteiger charge is -2.34. The van der Waals surface area contributed by atoms with Crippen LogP contribution in [0.2, 0.25) is 0 Å². The molecule has 1 atom stereocenters. The Kier molecular flexibility index (Phi) is 4.59. The number of hydrogen-bond acceptors (Lipinski definition) is 5. The molecule has 3 heterocycles. The molecule has 1 aromatic carbocycles. The molecule has 2 aliphatic rings. The van der Waals surface area contributed by atoms with Crippen LogP contribution in [0.25, 0.3) is 10.9 Å². The van der Waals surface area contributed by atoms with Crippen LogP contribution in [-0.2, 0) is 9.53 Å². The monoisotopic (exact) mass is 344 g/mol. The molecule has 0 radical (unpaired) electrons. The first-order chi connectivity index (χ1) is 12.3. The summed E-state index contributed by atoms with van der Waals surface area (Å²) in [6, 6.07) is 6.04. The molecule has 0 aliphatic carbocycles. The molecule has 0 saturated carbocycles. The maximum absolute atomic E-state index is 12.9. The van der Waals surface area contributed by atoms with Gasteiger partial charge in [-0.2, -0.15) is 5.10 Å². The van der Waals surface area contributed by atoms with E-state index in [1.807, 2.05) is 18.2 Å². The van der Waals surface area contributed by atoms with Crippen molar-refractivity contribution in [2.24, 2.45) is 0 Å². The predicted molar refractivity (Wildman–Crippen MR) is 94.8 cm³/mol. The highest BCUT2D eigenvalue weighted by atomic mass is 16.5. The maximum Gasteiger partial charge on any atom is 0.242 e. The number of nitrogens with one attached hydrogen (secondary N) is 2. The molecular formula is C18H24N4O3. The Balaban J connectivity index is 1.49. The summed E-state index contributed by atoms with van der Waals surface area (Å²) in [5.74, 6) is 1.38. The molecule has 1 aromatic heterocycles. The van der Waals surface area contributed by atoms with E-state index < -0.39 is 0 Å². The third-order valence-corrected chi connectivity index (χ3v) is 5.27. The number of amides is 1. The number of likely N-dealkylation sites (tertiary alicyclic amines) is 1. The second kappa shape index (κ2) is 7.01. The van der Waals surface area contributed by atoms with Gasteiger partial charge in [-0.3, -0.25) is 14.8 Å². The van der Waals surface area contributed by atoms with Crippen molar-refractivity contribution in [3.05, 3.63) is 18.2 Å². The van der Waals surface area contributed by atoms with Gasteiger partial charge in [-0.05, 0) is 44.4 Å². The summed E-state index contributed by atoms with van der Waals surface area (Å²) in [7, 11) is 1.63. The average molecular weight is 344 g/mol. The van der Waals surface area contributed by atoms with E-state index >= 15 is 0 Å². The van der Waals surface area contributed by atoms with Crippen LogP contribution in [0, 0.1) is 0 Å². The SMILES string of the molecule is COc1ccc2c(NC(=O)C3CCCN3C3CCOCC3)n[nH]c2c1. The largest absolute Gasteiger partial charge is 0.497 e. The lowest BCUT2D eigenvalue weighted by molar-refractivity contribution is -0.121. The average Bonchev–Trinajstić information content (AvgIpc) is 3.29. The molecule has 2 aromatic rings. The van der Waals surface area contributed by atoms with E-state index in [1.54, 1.807) is 7.11 Å². The van der Waals surface area contributed by atoms with Crippen LogP contribution in [0.5, 0.6) is 5.75 Å². The van der Waals surface area contributed by atoms with Crippen molar-refractivity contribution in [3.8, 4) is 5.75 Å². The first-order valence-electron chi connectivity index (χ1n) is 8.93. The van der Waals surface area contributed by atoms with Crippen LogP contribution in [-0.4, -0.2) is 60.0 Å². The third kappa shape index (κ3) is 3.21. The summed E-state index contributed by atoms with van der Waals surface area (Å²) < 4.78 is 10.7. The number of aromatic nitrogens is 2. The van der Waals surface area contributed by atoms with E-state index in [2.05, 4.69) is 20.4 Å². The smallest absolute Gasteiger partial charge is 0.242 e. The lowest BCUT2D eigenvalue weighted by Crippen LogP contribution is -2.47. The zero-order valence-electron chi connectivity index (χ0n) is 14.5. The molecule has 134 valence electrons. The number of ether oxygens (including phenoxy) is 2. The summed E-state index contributed by atoms with van der Waals surface area (Å²) >= 11 is 0. The van der Waals surface area contributed by atoms with Crippen molar-refractivity contribution >= 4 is 22.6 Å². The summed E-state index contributed by atoms with van der Waals surface area (Å²) in [6.45, 7) is 2.57. The number of nitrogens with zero attached hydrogens (tertiary/aromatic N) is 2. The minimum absolute atomic E-state index is 0.0354. The fraction of sp³-hybridized carbons (Fsp3) is 0.556. The topological polar surface area (TPSA) is 79.5 Å². The van der Waals surface area contributed by atoms with Crippen LogP contribution >= 0.6 is 0 Å². The zero-order chi connectivity index (χ0) is 17.2. The highest BCUT2D eigenvalue weighted by Crippen LogP contribution is 2.28. The molecule has 2 saturated heterocycles. The van der Waals surface area contributed by atoms with E-state index in [9.17, 15) is 4.79 Å². The number of aromatic amines is 1. The number of anilines is 1. The molecule has 0 bridgehead atoms. The zero-order valence-corrected chi connectivity index (χ0v) is 14.5. The number of carbonyl (C=O) groups excluding carboxylic acids is 1. The van der Waals surface area contributed by atoms with E-state index in [4.69, 9.17) is 9.47 Å². The van der Waals surface area contributed by atoms with Crippen LogP contribution in [0.4, 0.5) is 5.82 Å². The van der Waals surface area contributed by atoms with Gasteiger partial charge in [0.2, 0.25) is 5.91 Å². The summed E-state index contributed by atoms with van der Waals surface area (Å²) in [4.78, 5) is 15.2. The van der Waals surface area contributed by atoms with Gasteiger partial charge in [-0.25, -0.2) is 0 Å². The molecular weight excluding hydrogens is 320 g/mol. The Labute approximate surface area is 146 Å². The number of H-pyrrole nitrogens is 1. The number of rotatable bonds is 4. The number of fused-ring (bicyclic) bond motifs is 1. The van der Waals surface area contributed by atoms with Crippen molar-refractivity contribution in [3.63, 3.8) is 0 Å². The Morgan fingerprint density at radius 1 is 1.36 bits per heavy atom. The Morgan fingerprint density at radius 3 is 3.00 bits per heavy atom. The molecule has 1 amide bonds. The fourth-order valence-electron chi connectivity index (χ4n) is 3.95. The van der Waals surface area contributed by atoms with Crippen molar-refractivity contribution in [2.45, 2.75) is 37.8 Å². The van der Waals surface area contributed by atoms with Gasteiger partial charge in [0.25, 0.3) is 0 Å². The van der Waals surface area contributed by atoms with E-state index in [0.29, 0.717) is 11.9 Å². The maximum atomic E-state index is 12.9. The summed E-state index contributed by atoms with van der Waals surface area (Å²) in [5.41, 5.74) is 0.849. The van der Waals surface area contributed by atoms with Crippen LogP contribution in [0.1, 0.15) is 25.7 Å². The quantitative estimate of drug-likeness (QED) is 0.888. The van der Waals surface area contributed by atoms with Gasteiger partial charge in [0, 0.05) is 30.7 Å². The molecule has 4 rings (SSSR count). The number of carbonyl (C=O) groups is 1. The molecule has 0 spiro atoms. The first kappa shape index (κ1) is 16.4. The van der Waals surface area contributed by atoms with E-state index in [0.717, 1.165) is 62.1 Å². The van der Waals surface area contributed by atoms with Gasteiger partial charge in [-0.1, -0.05) is 0 Å². The lowest BCUT2D eigenvalue weighted by atomic mass is 10.1. The van der Waals surface area contributed by atoms with Gasteiger partial charge in [0.05, 0.1) is 18.7 Å². The minimum atomic E-state index is -0.0758. The van der Waals surface area contributed by atoms with Crippen molar-refractivity contribution in [1.29, 1.82) is 0 Å². The van der Waals surface area contributed by atoms with Gasteiger partial charge in [0.15, 0.2) is 5.82 Å². The molecule has 1 unspecified atom stereocenters. The van der Waals surface area contributed by atoms with Crippen molar-refractivity contribution in [1.82, 2.24) is 15.1 Å². The molecule has 7 nitrogen and oxygen atoms in total. The van der Waals surface area contributed by atoms with Crippen LogP contribution in [0.15, 0.2) is 18.2 Å². The predicted octanol–water partition coefficient (Wildman–Crippen LogP) is 2.15. The van der Waals surface area contributed by atoms with Gasteiger partial charge >= 0.3 is 0 Å². The molecule has 2 N–H and O–H groups in total. The second-order valence-electron chi connectivity index (χ2n) is 6.71. The summed E-state index contributed by atoms with van der Waals surface area (Å²) in [5, 5.41) is 11.1. The number of benzene rings is 1. The van der Waals surface area contributed by atoms with Crippen LogP contribution in [0.3, 0.4) is 0 Å². The highest BCUT2D eigenvalue weighted by molar-refractivity contribution is 6.02. The number of methoxy groups -OCH3 is 1. The van der Waals surface area contributed by atoms with E-state index in [-0.39, 0.29) is 11.9 Å². The van der Waals surface area contributed by atoms with Gasteiger partial charge in [-0.15, -0.1) is 0 Å². The standard InChI is InChI=1S/C18H24N4O3/c1-24-13-4-5-14-15(11-13)20-21-17(14)19-18(23)16-3-2-8-22(16)12-6-9-25-10-7-12/h4-5,11-12,16H,2-3,6-10H2,1H3,(H2,19,20,21,23). The molecule has 25 heavy (non-hydrogen) atoms. The molecule has 7 heteroatoms. The van der Waals surface area contributed by atoms with Crippen LogP contribution < -0.4 is 10.1 Å². The highest BCUT2D eigenvalue weighted by Gasteiger charge is 2.36. The Bertz CT molecular complexity index is 754.